The van der Waals surface area contributed by atoms with Crippen molar-refractivity contribution < 1.29 is 19.1 Å². The third-order valence-electron chi connectivity index (χ3n) is 4.57. The molecule has 0 radical (unpaired) electrons. The molecular weight excluding hydrogens is 374 g/mol. The van der Waals surface area contributed by atoms with Crippen LogP contribution in [0.15, 0.2) is 63.8 Å². The first-order chi connectivity index (χ1) is 13.9. The molecule has 0 saturated heterocycles. The van der Waals surface area contributed by atoms with E-state index < -0.39 is 29.6 Å². The molecule has 3 N–H and O–H groups in total. The van der Waals surface area contributed by atoms with Crippen LogP contribution in [0.1, 0.15) is 29.6 Å². The first-order valence-corrected chi connectivity index (χ1v) is 9.16. The number of rotatable bonds is 8. The summed E-state index contributed by atoms with van der Waals surface area (Å²) in [4.78, 5) is 34.6. The normalized spacial score (nSPS) is 12.9. The first kappa shape index (κ1) is 20.1. The van der Waals surface area contributed by atoms with Gasteiger partial charge in [-0.25, -0.2) is 9.89 Å². The second-order valence-electron chi connectivity index (χ2n) is 6.83. The summed E-state index contributed by atoms with van der Waals surface area (Å²) in [6.45, 7) is 1.58. The number of hydrogen-bond acceptors (Lipinski definition) is 5. The standard InChI is InChI=1S/C21H21N3O5/c1-13(20(26)27)11-17(22-18(25)19-23-24-21(28)29-19)12-14-7-9-16(10-8-14)15-5-3-2-4-6-15/h2-10,13,17H,11-12H2,1H3,(H,22,25)(H,24,28)(H,26,27). The molecule has 1 amide bonds. The predicted octanol–water partition coefficient (Wildman–Crippen LogP) is 2.48. The van der Waals surface area contributed by atoms with E-state index in [1.807, 2.05) is 59.7 Å². The van der Waals surface area contributed by atoms with Crippen molar-refractivity contribution in [3.8, 4) is 11.1 Å². The van der Waals surface area contributed by atoms with Crippen molar-refractivity contribution in [3.63, 3.8) is 0 Å². The summed E-state index contributed by atoms with van der Waals surface area (Å²) in [6, 6.07) is 17.3. The number of carboxylic acid groups (broad SMARTS) is 1. The van der Waals surface area contributed by atoms with Crippen molar-refractivity contribution in [2.45, 2.75) is 25.8 Å². The molecule has 1 heterocycles. The van der Waals surface area contributed by atoms with E-state index in [4.69, 9.17) is 0 Å². The SMILES string of the molecule is CC(CC(Cc1ccc(-c2ccccc2)cc1)NC(=O)c1n[nH]c(=O)o1)C(=O)O. The summed E-state index contributed by atoms with van der Waals surface area (Å²) in [6.07, 6.45) is 0.642. The summed E-state index contributed by atoms with van der Waals surface area (Å²) in [5, 5.41) is 17.5. The summed E-state index contributed by atoms with van der Waals surface area (Å²) < 4.78 is 4.66. The summed E-state index contributed by atoms with van der Waals surface area (Å²) in [5.41, 5.74) is 3.10. The van der Waals surface area contributed by atoms with Gasteiger partial charge in [0.25, 0.3) is 0 Å². The minimum Gasteiger partial charge on any atom is -0.481 e. The molecule has 0 saturated carbocycles. The highest BCUT2D eigenvalue weighted by atomic mass is 16.4. The van der Waals surface area contributed by atoms with Crippen molar-refractivity contribution in [1.29, 1.82) is 0 Å². The van der Waals surface area contributed by atoms with Crippen LogP contribution in [0.3, 0.4) is 0 Å². The molecule has 2 atom stereocenters. The number of hydrogen-bond donors (Lipinski definition) is 3. The molecular formula is C21H21N3O5. The van der Waals surface area contributed by atoms with Crippen molar-refractivity contribution >= 4 is 11.9 Å². The quantitative estimate of drug-likeness (QED) is 0.538. The minimum atomic E-state index is -0.949. The van der Waals surface area contributed by atoms with Gasteiger partial charge in [-0.05, 0) is 29.5 Å². The van der Waals surface area contributed by atoms with Crippen LogP contribution in [0, 0.1) is 5.92 Å². The maximum absolute atomic E-state index is 12.3. The lowest BCUT2D eigenvalue weighted by molar-refractivity contribution is -0.141. The maximum atomic E-state index is 12.3. The summed E-state index contributed by atoms with van der Waals surface area (Å²) in [7, 11) is 0. The average molecular weight is 395 g/mol. The highest BCUT2D eigenvalue weighted by Crippen LogP contribution is 2.20. The number of aliphatic carboxylic acids is 1. The molecule has 8 heteroatoms. The van der Waals surface area contributed by atoms with Crippen LogP contribution in [0.5, 0.6) is 0 Å². The summed E-state index contributed by atoms with van der Waals surface area (Å²) >= 11 is 0. The predicted molar refractivity (Wildman–Crippen MR) is 105 cm³/mol. The molecule has 0 spiro atoms. The largest absolute Gasteiger partial charge is 0.481 e. The molecule has 8 nitrogen and oxygen atoms in total. The van der Waals surface area contributed by atoms with E-state index in [1.165, 1.54) is 0 Å². The fourth-order valence-corrected chi connectivity index (χ4v) is 3.04. The second-order valence-corrected chi connectivity index (χ2v) is 6.83. The van der Waals surface area contributed by atoms with Gasteiger partial charge < -0.3 is 14.8 Å². The Morgan fingerprint density at radius 2 is 1.76 bits per heavy atom. The Balaban J connectivity index is 1.74. The van der Waals surface area contributed by atoms with Crippen LogP contribution in [0.25, 0.3) is 11.1 Å². The lowest BCUT2D eigenvalue weighted by Crippen LogP contribution is -2.38. The molecule has 0 aliphatic carbocycles. The number of H-pyrrole nitrogens is 1. The minimum absolute atomic E-state index is 0.218. The van der Waals surface area contributed by atoms with Crippen LogP contribution in [-0.2, 0) is 11.2 Å². The number of carbonyl (C=O) groups excluding carboxylic acids is 1. The van der Waals surface area contributed by atoms with Gasteiger partial charge >= 0.3 is 23.5 Å². The third kappa shape index (κ3) is 5.41. The van der Waals surface area contributed by atoms with Gasteiger partial charge in [0, 0.05) is 6.04 Å². The van der Waals surface area contributed by atoms with E-state index in [0.29, 0.717) is 6.42 Å². The molecule has 3 aromatic rings. The second kappa shape index (κ2) is 9.01. The Morgan fingerprint density at radius 1 is 1.10 bits per heavy atom. The Morgan fingerprint density at radius 3 is 2.34 bits per heavy atom. The van der Waals surface area contributed by atoms with Gasteiger partial charge in [-0.1, -0.05) is 61.5 Å². The summed E-state index contributed by atoms with van der Waals surface area (Å²) in [5.74, 6) is -3.50. The topological polar surface area (TPSA) is 125 Å². The molecule has 150 valence electrons. The molecule has 2 aromatic carbocycles. The highest BCUT2D eigenvalue weighted by Gasteiger charge is 2.23. The smallest absolute Gasteiger partial charge is 0.434 e. The molecule has 0 fully saturated rings. The monoisotopic (exact) mass is 395 g/mol. The van der Waals surface area contributed by atoms with Gasteiger partial charge in [-0.2, -0.15) is 0 Å². The fourth-order valence-electron chi connectivity index (χ4n) is 3.04. The number of amides is 1. The molecule has 3 rings (SSSR count). The van der Waals surface area contributed by atoms with Crippen LogP contribution < -0.4 is 11.1 Å². The fraction of sp³-hybridized carbons (Fsp3) is 0.238. The Labute approximate surface area is 166 Å². The van der Waals surface area contributed by atoms with E-state index >= 15 is 0 Å². The van der Waals surface area contributed by atoms with Crippen molar-refractivity contribution in [3.05, 3.63) is 76.6 Å². The molecule has 1 aromatic heterocycles. The molecule has 0 aliphatic heterocycles. The molecule has 29 heavy (non-hydrogen) atoms. The van der Waals surface area contributed by atoms with Gasteiger partial charge in [0.05, 0.1) is 5.92 Å². The average Bonchev–Trinajstić information content (AvgIpc) is 3.15. The van der Waals surface area contributed by atoms with Gasteiger partial charge in [-0.3, -0.25) is 9.59 Å². The lowest BCUT2D eigenvalue weighted by Gasteiger charge is -2.20. The third-order valence-corrected chi connectivity index (χ3v) is 4.57. The zero-order valence-electron chi connectivity index (χ0n) is 15.8. The van der Waals surface area contributed by atoms with Crippen LogP contribution in [-0.4, -0.2) is 33.2 Å². The van der Waals surface area contributed by atoms with E-state index in [0.717, 1.165) is 16.7 Å². The molecule has 0 bridgehead atoms. The van der Waals surface area contributed by atoms with Gasteiger partial charge in [0.15, 0.2) is 0 Å². The zero-order valence-corrected chi connectivity index (χ0v) is 15.8. The van der Waals surface area contributed by atoms with Crippen LogP contribution in [0.2, 0.25) is 0 Å². The number of aromatic amines is 1. The maximum Gasteiger partial charge on any atom is 0.434 e. The van der Waals surface area contributed by atoms with Crippen molar-refractivity contribution in [2.24, 2.45) is 5.92 Å². The number of carbonyl (C=O) groups is 2. The van der Waals surface area contributed by atoms with Crippen LogP contribution in [0.4, 0.5) is 0 Å². The number of nitrogens with one attached hydrogen (secondary N) is 2. The van der Waals surface area contributed by atoms with E-state index in [-0.39, 0.29) is 12.3 Å². The van der Waals surface area contributed by atoms with Gasteiger partial charge in [0.1, 0.15) is 0 Å². The van der Waals surface area contributed by atoms with Gasteiger partial charge in [0.2, 0.25) is 0 Å². The number of benzene rings is 2. The number of aromatic nitrogens is 2. The first-order valence-electron chi connectivity index (χ1n) is 9.16. The zero-order chi connectivity index (χ0) is 20.8. The van der Waals surface area contributed by atoms with E-state index in [9.17, 15) is 19.5 Å². The Hall–Kier alpha value is -3.68. The number of carboxylic acids is 1. The highest BCUT2D eigenvalue weighted by molar-refractivity contribution is 5.89. The molecule has 0 aliphatic rings. The Bertz CT molecular complexity index is 1020. The van der Waals surface area contributed by atoms with E-state index in [1.54, 1.807) is 6.92 Å². The van der Waals surface area contributed by atoms with E-state index in [2.05, 4.69) is 14.8 Å². The molecule has 2 unspecified atom stereocenters. The number of nitrogens with zero attached hydrogens (tertiary/aromatic N) is 1. The van der Waals surface area contributed by atoms with Gasteiger partial charge in [-0.15, -0.1) is 5.10 Å². The Kier molecular flexibility index (Phi) is 6.23. The van der Waals surface area contributed by atoms with Crippen molar-refractivity contribution in [2.75, 3.05) is 0 Å². The van der Waals surface area contributed by atoms with Crippen LogP contribution >= 0.6 is 0 Å². The van der Waals surface area contributed by atoms with Crippen molar-refractivity contribution in [1.82, 2.24) is 15.5 Å². The lowest BCUT2D eigenvalue weighted by atomic mass is 9.95.